The van der Waals surface area contributed by atoms with Gasteiger partial charge in [0, 0.05) is 33.5 Å². The lowest BCUT2D eigenvalue weighted by molar-refractivity contribution is -0.115. The number of fused-ring (bicyclic) bond motifs is 1. The molecule has 0 bridgehead atoms. The molecule has 0 aliphatic heterocycles. The number of hydrogen-bond acceptors (Lipinski definition) is 4. The number of thiazole rings is 1. The highest BCUT2D eigenvalue weighted by molar-refractivity contribution is 7.15. The minimum Gasteiger partial charge on any atom is -0.497 e. The van der Waals surface area contributed by atoms with E-state index in [9.17, 15) is 4.79 Å². The van der Waals surface area contributed by atoms with Crippen LogP contribution >= 0.6 is 22.9 Å². The summed E-state index contributed by atoms with van der Waals surface area (Å²) < 4.78 is 7.25. The summed E-state index contributed by atoms with van der Waals surface area (Å²) in [5, 5.41) is 5.53. The molecule has 4 aromatic rings. The Morgan fingerprint density at radius 3 is 2.93 bits per heavy atom. The number of nitrogens with zero attached hydrogens (tertiary/aromatic N) is 2. The third kappa shape index (κ3) is 3.61. The van der Waals surface area contributed by atoms with Crippen molar-refractivity contribution in [1.82, 2.24) is 9.38 Å². The van der Waals surface area contributed by atoms with Crippen LogP contribution in [0, 0.1) is 6.92 Å². The van der Waals surface area contributed by atoms with E-state index in [2.05, 4.69) is 10.3 Å². The van der Waals surface area contributed by atoms with Gasteiger partial charge in [-0.2, -0.15) is 0 Å². The topological polar surface area (TPSA) is 55.6 Å². The third-order valence-corrected chi connectivity index (χ3v) is 5.83. The highest BCUT2D eigenvalue weighted by Gasteiger charge is 2.14. The van der Waals surface area contributed by atoms with Crippen LogP contribution in [-0.2, 0) is 11.2 Å². The zero-order chi connectivity index (χ0) is 19.7. The molecule has 0 unspecified atom stereocenters. The molecule has 0 atom stereocenters. The quantitative estimate of drug-likeness (QED) is 0.490. The first-order valence-corrected chi connectivity index (χ1v) is 9.96. The van der Waals surface area contributed by atoms with Gasteiger partial charge in [-0.15, -0.1) is 11.3 Å². The van der Waals surface area contributed by atoms with Crippen molar-refractivity contribution in [2.75, 3.05) is 12.4 Å². The molecule has 0 saturated heterocycles. The Balaban J connectivity index is 1.57. The van der Waals surface area contributed by atoms with E-state index in [1.54, 1.807) is 13.2 Å². The predicted octanol–water partition coefficient (Wildman–Crippen LogP) is 5.21. The van der Waals surface area contributed by atoms with Gasteiger partial charge in [0.1, 0.15) is 5.75 Å². The maximum Gasteiger partial charge on any atom is 0.230 e. The molecule has 0 fully saturated rings. The maximum absolute atomic E-state index is 12.5. The Kier molecular flexibility index (Phi) is 5.07. The number of aromatic nitrogens is 2. The van der Waals surface area contributed by atoms with Crippen molar-refractivity contribution < 1.29 is 9.53 Å². The van der Waals surface area contributed by atoms with Gasteiger partial charge in [-0.1, -0.05) is 29.8 Å². The minimum atomic E-state index is -0.0957. The SMILES string of the molecule is COc1cccc(-c2cn3c(CC(=O)Nc4cccc(Cl)c4C)csc3n2)c1. The molecule has 0 aliphatic carbocycles. The van der Waals surface area contributed by atoms with Crippen molar-refractivity contribution in [3.05, 3.63) is 70.3 Å². The number of rotatable bonds is 5. The summed E-state index contributed by atoms with van der Waals surface area (Å²) in [6.07, 6.45) is 2.20. The van der Waals surface area contributed by atoms with E-state index in [1.165, 1.54) is 11.3 Å². The van der Waals surface area contributed by atoms with E-state index in [1.807, 2.05) is 59.3 Å². The first-order valence-electron chi connectivity index (χ1n) is 8.70. The first-order chi connectivity index (χ1) is 13.5. The molecule has 1 N–H and O–H groups in total. The second kappa shape index (κ2) is 7.66. The molecular weight excluding hydrogens is 394 g/mol. The standard InChI is InChI=1S/C21H18ClN3O2S/c1-13-17(22)7-4-8-18(13)23-20(26)10-15-12-28-21-24-19(11-25(15)21)14-5-3-6-16(9-14)27-2/h3-9,11-12H,10H2,1-2H3,(H,23,26). The number of imidazole rings is 1. The van der Waals surface area contributed by atoms with Gasteiger partial charge in [-0.25, -0.2) is 4.98 Å². The van der Waals surface area contributed by atoms with Gasteiger partial charge in [0.2, 0.25) is 5.91 Å². The minimum absolute atomic E-state index is 0.0957. The van der Waals surface area contributed by atoms with Crippen LogP contribution in [0.25, 0.3) is 16.2 Å². The molecule has 2 aromatic carbocycles. The van der Waals surface area contributed by atoms with Crippen LogP contribution < -0.4 is 10.1 Å². The maximum atomic E-state index is 12.5. The van der Waals surface area contributed by atoms with Gasteiger partial charge in [0.05, 0.1) is 19.2 Å². The molecule has 2 aromatic heterocycles. The lowest BCUT2D eigenvalue weighted by Gasteiger charge is -2.09. The van der Waals surface area contributed by atoms with Gasteiger partial charge < -0.3 is 10.1 Å². The molecule has 2 heterocycles. The van der Waals surface area contributed by atoms with E-state index in [0.717, 1.165) is 38.9 Å². The largest absolute Gasteiger partial charge is 0.497 e. The Morgan fingerprint density at radius 2 is 2.11 bits per heavy atom. The molecule has 7 heteroatoms. The Morgan fingerprint density at radius 1 is 1.29 bits per heavy atom. The van der Waals surface area contributed by atoms with Crippen LogP contribution in [-0.4, -0.2) is 22.4 Å². The fourth-order valence-corrected chi connectivity index (χ4v) is 4.03. The van der Waals surface area contributed by atoms with Crippen LogP contribution in [0.1, 0.15) is 11.3 Å². The van der Waals surface area contributed by atoms with Crippen molar-refractivity contribution in [3.8, 4) is 17.0 Å². The number of carbonyl (C=O) groups excluding carboxylic acids is 1. The molecule has 1 amide bonds. The Bertz CT molecular complexity index is 1170. The summed E-state index contributed by atoms with van der Waals surface area (Å²) in [6, 6.07) is 13.2. The number of hydrogen-bond donors (Lipinski definition) is 1. The number of halogens is 1. The summed E-state index contributed by atoms with van der Waals surface area (Å²) in [4.78, 5) is 18.1. The summed E-state index contributed by atoms with van der Waals surface area (Å²) in [6.45, 7) is 1.89. The highest BCUT2D eigenvalue weighted by atomic mass is 35.5. The van der Waals surface area contributed by atoms with Gasteiger partial charge in [-0.05, 0) is 36.8 Å². The lowest BCUT2D eigenvalue weighted by atomic mass is 10.1. The molecule has 4 rings (SSSR count). The van der Waals surface area contributed by atoms with E-state index in [0.29, 0.717) is 5.02 Å². The van der Waals surface area contributed by atoms with E-state index in [4.69, 9.17) is 16.3 Å². The summed E-state index contributed by atoms with van der Waals surface area (Å²) >= 11 is 7.64. The van der Waals surface area contributed by atoms with Gasteiger partial charge in [-0.3, -0.25) is 9.20 Å². The molecule has 0 saturated carbocycles. The molecule has 142 valence electrons. The van der Waals surface area contributed by atoms with E-state index >= 15 is 0 Å². The van der Waals surface area contributed by atoms with Crippen LogP contribution in [0.5, 0.6) is 5.75 Å². The number of amides is 1. The van der Waals surface area contributed by atoms with Crippen molar-refractivity contribution in [2.24, 2.45) is 0 Å². The number of methoxy groups -OCH3 is 1. The van der Waals surface area contributed by atoms with Crippen molar-refractivity contribution in [2.45, 2.75) is 13.3 Å². The molecule has 0 aliphatic rings. The Hall–Kier alpha value is -2.83. The van der Waals surface area contributed by atoms with Crippen LogP contribution in [0.2, 0.25) is 5.02 Å². The molecule has 28 heavy (non-hydrogen) atoms. The summed E-state index contributed by atoms with van der Waals surface area (Å²) in [7, 11) is 1.64. The van der Waals surface area contributed by atoms with Gasteiger partial charge >= 0.3 is 0 Å². The number of anilines is 1. The van der Waals surface area contributed by atoms with E-state index < -0.39 is 0 Å². The molecule has 0 radical (unpaired) electrons. The number of carbonyl (C=O) groups is 1. The fraction of sp³-hybridized carbons (Fsp3) is 0.143. The number of ether oxygens (including phenoxy) is 1. The fourth-order valence-electron chi connectivity index (χ4n) is 2.98. The third-order valence-electron chi connectivity index (χ3n) is 4.53. The lowest BCUT2D eigenvalue weighted by Crippen LogP contribution is -2.16. The number of nitrogens with one attached hydrogen (secondary N) is 1. The summed E-state index contributed by atoms with van der Waals surface area (Å²) in [5.74, 6) is 0.687. The monoisotopic (exact) mass is 411 g/mol. The Labute approximate surface area is 171 Å². The van der Waals surface area contributed by atoms with Crippen molar-refractivity contribution in [3.63, 3.8) is 0 Å². The number of benzene rings is 2. The average Bonchev–Trinajstić information content (AvgIpc) is 3.27. The normalized spacial score (nSPS) is 11.0. The van der Waals surface area contributed by atoms with Crippen LogP contribution in [0.3, 0.4) is 0 Å². The second-order valence-corrected chi connectivity index (χ2v) is 7.62. The zero-order valence-electron chi connectivity index (χ0n) is 15.4. The van der Waals surface area contributed by atoms with Crippen molar-refractivity contribution >= 4 is 39.5 Å². The zero-order valence-corrected chi connectivity index (χ0v) is 17.0. The summed E-state index contributed by atoms with van der Waals surface area (Å²) in [5.41, 5.74) is 4.29. The van der Waals surface area contributed by atoms with Crippen molar-refractivity contribution in [1.29, 1.82) is 0 Å². The molecule has 5 nitrogen and oxygen atoms in total. The first kappa shape index (κ1) is 18.5. The van der Waals surface area contributed by atoms with Crippen LogP contribution in [0.15, 0.2) is 54.0 Å². The van der Waals surface area contributed by atoms with Gasteiger partial charge in [0.15, 0.2) is 4.96 Å². The highest BCUT2D eigenvalue weighted by Crippen LogP contribution is 2.27. The second-order valence-electron chi connectivity index (χ2n) is 6.38. The predicted molar refractivity (Wildman–Crippen MR) is 114 cm³/mol. The average molecular weight is 412 g/mol. The molecule has 0 spiro atoms. The smallest absolute Gasteiger partial charge is 0.230 e. The van der Waals surface area contributed by atoms with Crippen LogP contribution in [0.4, 0.5) is 5.69 Å². The van der Waals surface area contributed by atoms with E-state index in [-0.39, 0.29) is 12.3 Å². The molecular formula is C21H18ClN3O2S. The van der Waals surface area contributed by atoms with Gasteiger partial charge in [0.25, 0.3) is 0 Å².